The van der Waals surface area contributed by atoms with Gasteiger partial charge in [0.2, 0.25) is 0 Å². The van der Waals surface area contributed by atoms with Crippen molar-refractivity contribution in [2.75, 3.05) is 26.2 Å². The summed E-state index contributed by atoms with van der Waals surface area (Å²) in [7, 11) is 0. The van der Waals surface area contributed by atoms with E-state index >= 15 is 0 Å². The predicted molar refractivity (Wildman–Crippen MR) is 117 cm³/mol. The summed E-state index contributed by atoms with van der Waals surface area (Å²) in [5.41, 5.74) is 1.04. The summed E-state index contributed by atoms with van der Waals surface area (Å²) in [6, 6.07) is 11.1. The lowest BCUT2D eigenvalue weighted by atomic mass is 9.98. The lowest BCUT2D eigenvalue weighted by molar-refractivity contribution is -0.140. The van der Waals surface area contributed by atoms with E-state index in [4.69, 9.17) is 11.6 Å². The Balaban J connectivity index is 1.99. The fraction of sp³-hybridized carbons (Fsp3) is 0.348. The molecule has 1 amide bonds. The maximum absolute atomic E-state index is 12.9. The van der Waals surface area contributed by atoms with Crippen molar-refractivity contribution >= 4 is 29.1 Å². The number of rotatable bonds is 8. The first kappa shape index (κ1) is 22.0. The highest BCUT2D eigenvalue weighted by Crippen LogP contribution is 2.38. The lowest BCUT2D eigenvalue weighted by Crippen LogP contribution is -2.33. The third-order valence-corrected chi connectivity index (χ3v) is 5.65. The Bertz CT molecular complexity index is 924. The first-order valence-corrected chi connectivity index (χ1v) is 10.5. The van der Waals surface area contributed by atoms with Crippen LogP contribution in [0.15, 0.2) is 54.2 Å². The molecule has 0 bridgehead atoms. The van der Waals surface area contributed by atoms with Crippen molar-refractivity contribution in [2.45, 2.75) is 26.3 Å². The van der Waals surface area contributed by atoms with E-state index in [1.54, 1.807) is 48.7 Å². The topological polar surface area (TPSA) is 73.7 Å². The van der Waals surface area contributed by atoms with Crippen LogP contribution in [-0.2, 0) is 9.59 Å². The number of likely N-dealkylation sites (tertiary alicyclic amines) is 1. The highest BCUT2D eigenvalue weighted by atomic mass is 35.5. The van der Waals surface area contributed by atoms with E-state index in [0.717, 1.165) is 26.1 Å². The Hall–Kier alpha value is -2.70. The van der Waals surface area contributed by atoms with Crippen molar-refractivity contribution in [1.29, 1.82) is 0 Å². The van der Waals surface area contributed by atoms with E-state index in [2.05, 4.69) is 23.7 Å². The Morgan fingerprint density at radius 1 is 1.13 bits per heavy atom. The fourth-order valence-corrected chi connectivity index (χ4v) is 3.85. The number of aliphatic hydroxyl groups excluding tert-OH is 1. The van der Waals surface area contributed by atoms with Gasteiger partial charge in [-0.3, -0.25) is 14.6 Å². The van der Waals surface area contributed by atoms with E-state index in [1.807, 2.05) is 0 Å². The maximum atomic E-state index is 12.9. The van der Waals surface area contributed by atoms with E-state index in [1.165, 1.54) is 4.90 Å². The van der Waals surface area contributed by atoms with E-state index in [0.29, 0.717) is 22.8 Å². The number of pyridine rings is 1. The molecule has 1 aliphatic rings. The number of carbonyl (C=O) groups excluding carboxylic acids is 2. The van der Waals surface area contributed by atoms with E-state index in [-0.39, 0.29) is 11.3 Å². The molecule has 158 valence electrons. The highest BCUT2D eigenvalue weighted by Gasteiger charge is 2.46. The summed E-state index contributed by atoms with van der Waals surface area (Å²) in [5.74, 6) is -1.52. The summed E-state index contributed by atoms with van der Waals surface area (Å²) in [5, 5.41) is 11.5. The van der Waals surface area contributed by atoms with Gasteiger partial charge in [-0.15, -0.1) is 0 Å². The van der Waals surface area contributed by atoms with Gasteiger partial charge in [0.05, 0.1) is 11.3 Å². The van der Waals surface area contributed by atoms with E-state index < -0.39 is 17.7 Å². The second-order valence-corrected chi connectivity index (χ2v) is 7.57. The second-order valence-electron chi connectivity index (χ2n) is 7.13. The molecule has 7 heteroatoms. The van der Waals surface area contributed by atoms with Gasteiger partial charge in [0.1, 0.15) is 11.8 Å². The summed E-state index contributed by atoms with van der Waals surface area (Å²) in [6.07, 6.45) is 2.34. The number of aromatic nitrogens is 1. The zero-order chi connectivity index (χ0) is 21.7. The molecule has 2 aromatic rings. The number of nitrogens with zero attached hydrogens (tertiary/aromatic N) is 3. The van der Waals surface area contributed by atoms with Crippen LogP contribution in [0, 0.1) is 0 Å². The lowest BCUT2D eigenvalue weighted by Gasteiger charge is -2.26. The normalized spacial score (nSPS) is 18.4. The number of Topliss-reactive ketones (excluding diaryl/α,β-unsaturated/α-hetero) is 1. The van der Waals surface area contributed by atoms with Gasteiger partial charge in [-0.1, -0.05) is 31.5 Å². The Labute approximate surface area is 181 Å². The van der Waals surface area contributed by atoms with Gasteiger partial charge in [0, 0.05) is 23.3 Å². The molecular formula is C23H26ClN3O3. The van der Waals surface area contributed by atoms with Gasteiger partial charge in [0.25, 0.3) is 11.7 Å². The van der Waals surface area contributed by atoms with Crippen LogP contribution in [0.2, 0.25) is 5.02 Å². The molecule has 1 unspecified atom stereocenters. The third-order valence-electron chi connectivity index (χ3n) is 5.39. The van der Waals surface area contributed by atoms with Crippen molar-refractivity contribution in [3.05, 3.63) is 70.5 Å². The molecule has 1 N–H and O–H groups in total. The summed E-state index contributed by atoms with van der Waals surface area (Å²) >= 11 is 5.94. The third kappa shape index (κ3) is 4.55. The van der Waals surface area contributed by atoms with Crippen LogP contribution in [0.3, 0.4) is 0 Å². The number of ketones is 1. The van der Waals surface area contributed by atoms with Gasteiger partial charge in [-0.2, -0.15) is 0 Å². The Morgan fingerprint density at radius 2 is 1.83 bits per heavy atom. The van der Waals surface area contributed by atoms with Crippen molar-refractivity contribution in [2.24, 2.45) is 0 Å². The number of benzene rings is 1. The van der Waals surface area contributed by atoms with Crippen LogP contribution in [-0.4, -0.2) is 57.8 Å². The minimum Gasteiger partial charge on any atom is -0.507 e. The number of hydrogen-bond acceptors (Lipinski definition) is 5. The van der Waals surface area contributed by atoms with Crippen LogP contribution >= 0.6 is 11.6 Å². The monoisotopic (exact) mass is 427 g/mol. The quantitative estimate of drug-likeness (QED) is 0.393. The van der Waals surface area contributed by atoms with Crippen LogP contribution in [0.5, 0.6) is 0 Å². The van der Waals surface area contributed by atoms with Crippen LogP contribution in [0.25, 0.3) is 5.76 Å². The summed E-state index contributed by atoms with van der Waals surface area (Å²) in [4.78, 5) is 34.0. The number of hydrogen-bond donors (Lipinski definition) is 1. The van der Waals surface area contributed by atoms with Gasteiger partial charge < -0.3 is 14.9 Å². The zero-order valence-electron chi connectivity index (χ0n) is 17.2. The number of amides is 1. The molecule has 0 spiro atoms. The van der Waals surface area contributed by atoms with Crippen molar-refractivity contribution in [3.63, 3.8) is 0 Å². The summed E-state index contributed by atoms with van der Waals surface area (Å²) in [6.45, 7) is 7.26. The number of carbonyl (C=O) groups is 2. The van der Waals surface area contributed by atoms with Crippen molar-refractivity contribution in [1.82, 2.24) is 14.8 Å². The molecule has 0 saturated carbocycles. The number of halogens is 1. The zero-order valence-corrected chi connectivity index (χ0v) is 18.0. The molecule has 3 rings (SSSR count). The van der Waals surface area contributed by atoms with Gasteiger partial charge in [-0.25, -0.2) is 0 Å². The smallest absolute Gasteiger partial charge is 0.295 e. The molecule has 1 aromatic carbocycles. The van der Waals surface area contributed by atoms with Crippen LogP contribution < -0.4 is 0 Å². The molecule has 2 heterocycles. The minimum absolute atomic E-state index is 0.0591. The molecule has 1 aromatic heterocycles. The largest absolute Gasteiger partial charge is 0.507 e. The molecule has 1 fully saturated rings. The van der Waals surface area contributed by atoms with Crippen LogP contribution in [0.1, 0.15) is 37.6 Å². The average molecular weight is 428 g/mol. The maximum Gasteiger partial charge on any atom is 0.295 e. The number of aliphatic hydroxyl groups is 1. The van der Waals surface area contributed by atoms with Gasteiger partial charge in [0.15, 0.2) is 0 Å². The molecule has 0 radical (unpaired) electrons. The molecular weight excluding hydrogens is 402 g/mol. The predicted octanol–water partition coefficient (Wildman–Crippen LogP) is 3.89. The van der Waals surface area contributed by atoms with Crippen molar-refractivity contribution < 1.29 is 14.7 Å². The first-order valence-electron chi connectivity index (χ1n) is 10.2. The Morgan fingerprint density at radius 3 is 2.43 bits per heavy atom. The van der Waals surface area contributed by atoms with Crippen molar-refractivity contribution in [3.8, 4) is 0 Å². The Kier molecular flexibility index (Phi) is 7.24. The minimum atomic E-state index is -0.724. The second kappa shape index (κ2) is 9.87. The summed E-state index contributed by atoms with van der Waals surface area (Å²) < 4.78 is 0. The molecule has 1 atom stereocenters. The molecule has 30 heavy (non-hydrogen) atoms. The average Bonchev–Trinajstić information content (AvgIpc) is 3.02. The van der Waals surface area contributed by atoms with E-state index in [9.17, 15) is 14.7 Å². The van der Waals surface area contributed by atoms with Crippen LogP contribution in [0.4, 0.5) is 0 Å². The van der Waals surface area contributed by atoms with Gasteiger partial charge >= 0.3 is 0 Å². The molecule has 1 aliphatic heterocycles. The first-order chi connectivity index (χ1) is 14.5. The molecule has 1 saturated heterocycles. The fourth-order valence-electron chi connectivity index (χ4n) is 3.72. The SMILES string of the molecule is CCN(CC)CCCN1C(=O)C(=O)/C(=C(\O)c2ccc(Cl)cc2)C1c1ccccn1. The highest BCUT2D eigenvalue weighted by molar-refractivity contribution is 6.46. The standard InChI is InChI=1S/C23H26ClN3O3/c1-3-26(4-2)14-7-15-27-20(18-8-5-6-13-25-18)19(22(29)23(27)30)21(28)16-9-11-17(24)12-10-16/h5-6,8-13,20,28H,3-4,7,14-15H2,1-2H3/b21-19-. The molecule has 6 nitrogen and oxygen atoms in total. The molecule has 0 aliphatic carbocycles. The van der Waals surface area contributed by atoms with Gasteiger partial charge in [-0.05, 0) is 62.5 Å².